The third-order valence-corrected chi connectivity index (χ3v) is 4.72. The number of β-lactam (4-membered cyclic amide) rings is 1. The number of rotatable bonds is 5. The maximum absolute atomic E-state index is 12.2. The lowest BCUT2D eigenvalue weighted by Crippen LogP contribution is -2.71. The van der Waals surface area contributed by atoms with Crippen LogP contribution in [0.2, 0.25) is 0 Å². The summed E-state index contributed by atoms with van der Waals surface area (Å²) in [6, 6.07) is -2.06. The van der Waals surface area contributed by atoms with Gasteiger partial charge in [0.2, 0.25) is 0 Å². The molecule has 1 aromatic heterocycles. The summed E-state index contributed by atoms with van der Waals surface area (Å²) in [6.45, 7) is 1.36. The molecule has 0 spiro atoms. The van der Waals surface area contributed by atoms with Gasteiger partial charge in [0.1, 0.15) is 18.8 Å². The predicted octanol–water partition coefficient (Wildman–Crippen LogP) is -1.41. The molecule has 1 aromatic rings. The molecule has 0 aliphatic carbocycles. The van der Waals surface area contributed by atoms with Crippen molar-refractivity contribution in [2.45, 2.75) is 19.0 Å². The van der Waals surface area contributed by atoms with Crippen LogP contribution in [0.1, 0.15) is 12.6 Å². The van der Waals surface area contributed by atoms with Gasteiger partial charge >= 0.3 is 10.3 Å². The number of nitrogens with one attached hydrogen (secondary N) is 1. The lowest BCUT2D eigenvalue weighted by atomic mass is 10.0. The molecule has 2 rings (SSSR count). The highest BCUT2D eigenvalue weighted by atomic mass is 32.2. The molecule has 0 saturated carbocycles. The van der Waals surface area contributed by atoms with Crippen molar-refractivity contribution in [2.75, 3.05) is 12.8 Å². The summed E-state index contributed by atoms with van der Waals surface area (Å²) < 4.78 is 31.2. The minimum absolute atomic E-state index is 0.151. The Balaban J connectivity index is 2.15. The molecule has 2 heterocycles. The van der Waals surface area contributed by atoms with Crippen LogP contribution in [0.5, 0.6) is 0 Å². The second kappa shape index (κ2) is 6.10. The Kier molecular flexibility index (Phi) is 4.53. The Hall–Kier alpha value is -2.25. The van der Waals surface area contributed by atoms with Crippen molar-refractivity contribution in [3.8, 4) is 0 Å². The number of nitrogens with two attached hydrogens (primary N) is 1. The molecule has 1 aliphatic heterocycles. The number of anilines is 1. The lowest BCUT2D eigenvalue weighted by molar-refractivity contribution is -0.143. The Bertz CT molecular complexity index is 772. The largest absolute Gasteiger partial charge is 0.398 e. The number of amides is 2. The third-order valence-electron chi connectivity index (χ3n) is 3.03. The second-order valence-corrected chi connectivity index (χ2v) is 6.68. The van der Waals surface area contributed by atoms with E-state index < -0.39 is 34.2 Å². The number of aromatic nitrogens is 1. The average molecular weight is 363 g/mol. The van der Waals surface area contributed by atoms with E-state index in [-0.39, 0.29) is 20.8 Å². The zero-order valence-electron chi connectivity index (χ0n) is 12.0. The van der Waals surface area contributed by atoms with Gasteiger partial charge in [0.05, 0.1) is 6.04 Å². The first-order chi connectivity index (χ1) is 10.7. The minimum Gasteiger partial charge on any atom is -0.398 e. The van der Waals surface area contributed by atoms with Crippen LogP contribution in [0, 0.1) is 0 Å². The van der Waals surface area contributed by atoms with E-state index in [0.717, 1.165) is 11.3 Å². The lowest BCUT2D eigenvalue weighted by Gasteiger charge is -2.42. The maximum atomic E-state index is 12.2. The standard InChI is InChI=1S/C10H13N5O6S2/c1-4-6(9(17)15(4)23(18,19)20)13-8(16)7(14-21-2)5-3-22-10(11)12-5/h3-4,6H,1-2H3,(H2,11,12)(H,13,16)(H,18,19,20)/b14-7+/t4-,6?/m0/s1. The molecular formula is C10H13N5O6S2. The smallest absolute Gasteiger partial charge is 0.362 e. The summed E-state index contributed by atoms with van der Waals surface area (Å²) in [5.74, 6) is -1.75. The van der Waals surface area contributed by atoms with Crippen molar-refractivity contribution in [3.05, 3.63) is 11.1 Å². The van der Waals surface area contributed by atoms with E-state index in [2.05, 4.69) is 20.3 Å². The summed E-state index contributed by atoms with van der Waals surface area (Å²) in [4.78, 5) is 32.4. The van der Waals surface area contributed by atoms with E-state index in [9.17, 15) is 18.0 Å². The van der Waals surface area contributed by atoms with Crippen molar-refractivity contribution >= 4 is 44.3 Å². The maximum Gasteiger partial charge on any atom is 0.362 e. The van der Waals surface area contributed by atoms with Gasteiger partial charge in [-0.05, 0) is 6.92 Å². The van der Waals surface area contributed by atoms with Crippen LogP contribution < -0.4 is 11.1 Å². The fourth-order valence-corrected chi connectivity index (χ4v) is 3.44. The van der Waals surface area contributed by atoms with E-state index in [0.29, 0.717) is 0 Å². The van der Waals surface area contributed by atoms with Crippen LogP contribution in [-0.2, 0) is 24.7 Å². The highest BCUT2D eigenvalue weighted by molar-refractivity contribution is 7.84. The number of nitrogen functional groups attached to an aromatic ring is 1. The van der Waals surface area contributed by atoms with Crippen LogP contribution in [0.3, 0.4) is 0 Å². The molecule has 11 nitrogen and oxygen atoms in total. The predicted molar refractivity (Wildman–Crippen MR) is 79.9 cm³/mol. The van der Waals surface area contributed by atoms with E-state index in [1.54, 1.807) is 0 Å². The van der Waals surface area contributed by atoms with E-state index >= 15 is 0 Å². The number of hydrogen-bond donors (Lipinski definition) is 3. The molecule has 2 amide bonds. The van der Waals surface area contributed by atoms with Crippen molar-refractivity contribution in [3.63, 3.8) is 0 Å². The molecule has 0 bridgehead atoms. The SMILES string of the molecule is CO/N=C(/C(=O)NC1C(=O)N(S(=O)(=O)O)[C@H]1C)c1csc(N)n1. The summed E-state index contributed by atoms with van der Waals surface area (Å²) >= 11 is 1.08. The summed E-state index contributed by atoms with van der Waals surface area (Å²) in [5.41, 5.74) is 5.42. The topological polar surface area (TPSA) is 164 Å². The monoisotopic (exact) mass is 363 g/mol. The number of thiazole rings is 1. The van der Waals surface area contributed by atoms with Gasteiger partial charge in [0.15, 0.2) is 10.8 Å². The molecule has 1 unspecified atom stereocenters. The van der Waals surface area contributed by atoms with Gasteiger partial charge in [-0.1, -0.05) is 5.16 Å². The Morgan fingerprint density at radius 1 is 1.61 bits per heavy atom. The third kappa shape index (κ3) is 3.25. The van der Waals surface area contributed by atoms with Crippen LogP contribution in [0.4, 0.5) is 5.13 Å². The van der Waals surface area contributed by atoms with Gasteiger partial charge in [0.25, 0.3) is 11.8 Å². The number of hydrogen-bond acceptors (Lipinski definition) is 9. The molecule has 1 fully saturated rings. The van der Waals surface area contributed by atoms with E-state index in [1.807, 2.05) is 0 Å². The zero-order valence-corrected chi connectivity index (χ0v) is 13.6. The molecule has 0 aromatic carbocycles. The summed E-state index contributed by atoms with van der Waals surface area (Å²) in [6.07, 6.45) is 0. The van der Waals surface area contributed by atoms with Gasteiger partial charge in [-0.25, -0.2) is 9.29 Å². The van der Waals surface area contributed by atoms with Crippen LogP contribution in [-0.4, -0.2) is 59.0 Å². The molecular weight excluding hydrogens is 350 g/mol. The van der Waals surface area contributed by atoms with Crippen LogP contribution >= 0.6 is 11.3 Å². The molecule has 0 radical (unpaired) electrons. The summed E-state index contributed by atoms with van der Waals surface area (Å²) in [5, 5.41) is 7.54. The molecule has 23 heavy (non-hydrogen) atoms. The van der Waals surface area contributed by atoms with Crippen LogP contribution in [0.25, 0.3) is 0 Å². The first kappa shape index (κ1) is 17.1. The molecule has 13 heteroatoms. The Morgan fingerprint density at radius 2 is 2.26 bits per heavy atom. The van der Waals surface area contributed by atoms with E-state index in [1.165, 1.54) is 19.4 Å². The fraction of sp³-hybridized carbons (Fsp3) is 0.400. The van der Waals surface area contributed by atoms with Crippen molar-refractivity contribution < 1.29 is 27.4 Å². The van der Waals surface area contributed by atoms with Crippen LogP contribution in [0.15, 0.2) is 10.5 Å². The number of carbonyl (C=O) groups is 2. The van der Waals surface area contributed by atoms with E-state index in [4.69, 9.17) is 10.3 Å². The molecule has 126 valence electrons. The quantitative estimate of drug-likeness (QED) is 0.248. The Morgan fingerprint density at radius 3 is 2.70 bits per heavy atom. The second-order valence-electron chi connectivity index (χ2n) is 4.50. The Labute approximate surface area is 135 Å². The zero-order chi connectivity index (χ0) is 17.4. The van der Waals surface area contributed by atoms with Gasteiger partial charge in [-0.2, -0.15) is 8.42 Å². The van der Waals surface area contributed by atoms with Gasteiger partial charge < -0.3 is 15.9 Å². The first-order valence-electron chi connectivity index (χ1n) is 6.11. The van der Waals surface area contributed by atoms with Crippen molar-refractivity contribution in [2.24, 2.45) is 5.16 Å². The van der Waals surface area contributed by atoms with Crippen molar-refractivity contribution in [1.82, 2.24) is 14.6 Å². The molecule has 1 aliphatic rings. The molecule has 4 N–H and O–H groups in total. The highest BCUT2D eigenvalue weighted by Gasteiger charge is 2.51. The highest BCUT2D eigenvalue weighted by Crippen LogP contribution is 2.23. The normalized spacial score (nSPS) is 21.8. The van der Waals surface area contributed by atoms with Crippen molar-refractivity contribution in [1.29, 1.82) is 0 Å². The molecule has 2 atom stereocenters. The average Bonchev–Trinajstić information content (AvgIpc) is 2.86. The van der Waals surface area contributed by atoms with Gasteiger partial charge in [-0.3, -0.25) is 14.1 Å². The fourth-order valence-electron chi connectivity index (χ4n) is 2.01. The van der Waals surface area contributed by atoms with Gasteiger partial charge in [0, 0.05) is 5.38 Å². The van der Waals surface area contributed by atoms with Gasteiger partial charge in [-0.15, -0.1) is 11.3 Å². The number of oxime groups is 1. The number of carbonyl (C=O) groups excluding carboxylic acids is 2. The molecule has 1 saturated heterocycles. The number of nitrogens with zero attached hydrogens (tertiary/aromatic N) is 3. The first-order valence-corrected chi connectivity index (χ1v) is 8.38. The minimum atomic E-state index is -4.66. The summed E-state index contributed by atoms with van der Waals surface area (Å²) in [7, 11) is -3.44.